The lowest BCUT2D eigenvalue weighted by Gasteiger charge is -2.23. The van der Waals surface area contributed by atoms with E-state index in [9.17, 15) is 14.0 Å². The SMILES string of the molecule is C=CC(=O)N1CCC(C(=O)Cc2cc(CNc3nc(NC4CCOCC4)nc4c(C(C)C)cnn34)ccc2F)C1. The predicted molar refractivity (Wildman–Crippen MR) is 150 cm³/mol. The second kappa shape index (κ2) is 12.1. The average molecular weight is 550 g/mol. The molecule has 1 atom stereocenters. The number of amides is 1. The number of Topliss-reactive ketones (excluding diaryl/α,β-unsaturated/α-hetero) is 1. The Hall–Kier alpha value is -3.86. The molecule has 0 radical (unpaired) electrons. The molecule has 10 nitrogen and oxygen atoms in total. The lowest BCUT2D eigenvalue weighted by atomic mass is 9.96. The van der Waals surface area contributed by atoms with Crippen LogP contribution in [-0.4, -0.2) is 68.5 Å². The molecule has 2 fully saturated rings. The first-order chi connectivity index (χ1) is 19.3. The minimum atomic E-state index is -0.421. The van der Waals surface area contributed by atoms with E-state index in [1.165, 1.54) is 12.1 Å². The summed E-state index contributed by atoms with van der Waals surface area (Å²) in [5.41, 5.74) is 2.89. The van der Waals surface area contributed by atoms with Gasteiger partial charge in [0.1, 0.15) is 11.6 Å². The Kier molecular flexibility index (Phi) is 8.39. The van der Waals surface area contributed by atoms with Gasteiger partial charge in [0.2, 0.25) is 17.8 Å². The molecule has 4 heterocycles. The van der Waals surface area contributed by atoms with Gasteiger partial charge in [-0.25, -0.2) is 4.39 Å². The van der Waals surface area contributed by atoms with Gasteiger partial charge < -0.3 is 20.3 Å². The normalized spacial score (nSPS) is 17.9. The molecule has 11 heteroatoms. The Morgan fingerprint density at radius 2 is 2.02 bits per heavy atom. The molecule has 2 saturated heterocycles. The number of carbonyl (C=O) groups is 2. The van der Waals surface area contributed by atoms with Crippen LogP contribution in [0.5, 0.6) is 0 Å². The Labute approximate surface area is 233 Å². The lowest BCUT2D eigenvalue weighted by Crippen LogP contribution is -2.29. The van der Waals surface area contributed by atoms with Crippen LogP contribution in [0.4, 0.5) is 16.3 Å². The summed E-state index contributed by atoms with van der Waals surface area (Å²) in [6, 6.07) is 5.02. The van der Waals surface area contributed by atoms with Crippen molar-refractivity contribution >= 4 is 29.2 Å². The first-order valence-electron chi connectivity index (χ1n) is 13.9. The van der Waals surface area contributed by atoms with E-state index in [0.717, 1.165) is 29.6 Å². The molecule has 2 aliphatic rings. The molecular weight excluding hydrogens is 513 g/mol. The summed E-state index contributed by atoms with van der Waals surface area (Å²) in [4.78, 5) is 35.9. The number of aromatic nitrogens is 4. The molecule has 2 N–H and O–H groups in total. The number of nitrogens with one attached hydrogen (secondary N) is 2. The van der Waals surface area contributed by atoms with Crippen molar-refractivity contribution in [2.75, 3.05) is 36.9 Å². The minimum absolute atomic E-state index is 0.0196. The number of ether oxygens (including phenoxy) is 1. The van der Waals surface area contributed by atoms with Gasteiger partial charge in [0.15, 0.2) is 5.65 Å². The number of hydrogen-bond donors (Lipinski definition) is 2. The van der Waals surface area contributed by atoms with Gasteiger partial charge in [-0.15, -0.1) is 0 Å². The number of benzene rings is 1. The summed E-state index contributed by atoms with van der Waals surface area (Å²) in [6.07, 6.45) is 5.39. The van der Waals surface area contributed by atoms with E-state index < -0.39 is 5.82 Å². The summed E-state index contributed by atoms with van der Waals surface area (Å²) < 4.78 is 21.9. The van der Waals surface area contributed by atoms with E-state index in [1.54, 1.807) is 21.5 Å². The number of fused-ring (bicyclic) bond motifs is 1. The maximum atomic E-state index is 14.7. The van der Waals surface area contributed by atoms with Crippen LogP contribution in [-0.2, 0) is 27.3 Å². The van der Waals surface area contributed by atoms with Gasteiger partial charge in [0.05, 0.1) is 6.20 Å². The third kappa shape index (κ3) is 6.14. The Balaban J connectivity index is 1.31. The zero-order valence-corrected chi connectivity index (χ0v) is 23.0. The number of halogens is 1. The molecular formula is C29H36FN7O3. The van der Waals surface area contributed by atoms with Gasteiger partial charge in [-0.2, -0.15) is 19.6 Å². The number of rotatable bonds is 10. The van der Waals surface area contributed by atoms with Crippen LogP contribution < -0.4 is 10.6 Å². The summed E-state index contributed by atoms with van der Waals surface area (Å²) >= 11 is 0. The zero-order chi connectivity index (χ0) is 28.2. The van der Waals surface area contributed by atoms with Gasteiger partial charge in [0, 0.05) is 56.8 Å². The van der Waals surface area contributed by atoms with E-state index in [2.05, 4.69) is 36.2 Å². The molecule has 0 bridgehead atoms. The minimum Gasteiger partial charge on any atom is -0.381 e. The number of anilines is 2. The molecule has 2 aromatic heterocycles. The fourth-order valence-corrected chi connectivity index (χ4v) is 5.24. The molecule has 2 aliphatic heterocycles. The maximum absolute atomic E-state index is 14.7. The van der Waals surface area contributed by atoms with Crippen molar-refractivity contribution < 1.29 is 18.7 Å². The highest BCUT2D eigenvalue weighted by molar-refractivity contribution is 5.89. The summed E-state index contributed by atoms with van der Waals surface area (Å²) in [6.45, 7) is 10.3. The number of ketones is 1. The zero-order valence-electron chi connectivity index (χ0n) is 23.0. The van der Waals surface area contributed by atoms with Crippen molar-refractivity contribution in [1.82, 2.24) is 24.5 Å². The molecule has 0 saturated carbocycles. The molecule has 0 aliphatic carbocycles. The van der Waals surface area contributed by atoms with Crippen LogP contribution >= 0.6 is 0 Å². The van der Waals surface area contributed by atoms with Crippen molar-refractivity contribution in [1.29, 1.82) is 0 Å². The van der Waals surface area contributed by atoms with Crippen LogP contribution in [0.25, 0.3) is 5.65 Å². The second-order valence-corrected chi connectivity index (χ2v) is 10.8. The maximum Gasteiger partial charge on any atom is 0.245 e. The van der Waals surface area contributed by atoms with Crippen LogP contribution in [0.15, 0.2) is 37.1 Å². The van der Waals surface area contributed by atoms with Crippen molar-refractivity contribution in [3.05, 3.63) is 59.6 Å². The fourth-order valence-electron chi connectivity index (χ4n) is 5.24. The largest absolute Gasteiger partial charge is 0.381 e. The van der Waals surface area contributed by atoms with E-state index in [4.69, 9.17) is 14.7 Å². The van der Waals surface area contributed by atoms with Crippen molar-refractivity contribution in [2.24, 2.45) is 5.92 Å². The molecule has 1 aromatic carbocycles. The molecule has 40 heavy (non-hydrogen) atoms. The monoisotopic (exact) mass is 549 g/mol. The summed E-state index contributed by atoms with van der Waals surface area (Å²) in [5, 5.41) is 11.3. The van der Waals surface area contributed by atoms with Gasteiger partial charge in [-0.1, -0.05) is 32.6 Å². The fraction of sp³-hybridized carbons (Fsp3) is 0.483. The second-order valence-electron chi connectivity index (χ2n) is 10.8. The molecule has 1 unspecified atom stereocenters. The highest BCUT2D eigenvalue weighted by Crippen LogP contribution is 2.24. The van der Waals surface area contributed by atoms with Crippen LogP contribution in [0, 0.1) is 11.7 Å². The van der Waals surface area contributed by atoms with Gasteiger partial charge in [-0.3, -0.25) is 9.59 Å². The van der Waals surface area contributed by atoms with Gasteiger partial charge >= 0.3 is 0 Å². The van der Waals surface area contributed by atoms with Crippen molar-refractivity contribution in [2.45, 2.75) is 58.0 Å². The smallest absolute Gasteiger partial charge is 0.245 e. The highest BCUT2D eigenvalue weighted by Gasteiger charge is 2.30. The van der Waals surface area contributed by atoms with Crippen molar-refractivity contribution in [3.8, 4) is 0 Å². The number of likely N-dealkylation sites (tertiary alicyclic amines) is 1. The molecule has 3 aromatic rings. The quantitative estimate of drug-likeness (QED) is 0.368. The molecule has 5 rings (SSSR count). The highest BCUT2D eigenvalue weighted by atomic mass is 19.1. The van der Waals surface area contributed by atoms with Crippen LogP contribution in [0.1, 0.15) is 55.7 Å². The standard InChI is InChI=1S/C29H36FN7O3/c1-4-26(39)36-10-7-20(17-36)25(38)14-21-13-19(5-6-24(21)30)15-31-29-35-28(33-22-8-11-40-12-9-22)34-27-23(18(2)3)16-32-37(27)29/h4-6,13,16,18,20,22H,1,7-12,14-15,17H2,2-3H3,(H2,31,33,34,35). The van der Waals surface area contributed by atoms with E-state index in [-0.39, 0.29) is 36.0 Å². The molecule has 212 valence electrons. The topological polar surface area (TPSA) is 114 Å². The molecule has 1 amide bonds. The Morgan fingerprint density at radius 3 is 2.77 bits per heavy atom. The van der Waals surface area contributed by atoms with E-state index >= 15 is 0 Å². The van der Waals surface area contributed by atoms with Gasteiger partial charge in [0.25, 0.3) is 0 Å². The lowest BCUT2D eigenvalue weighted by molar-refractivity contribution is -0.125. The van der Waals surface area contributed by atoms with Crippen LogP contribution in [0.3, 0.4) is 0 Å². The number of hydrogen-bond acceptors (Lipinski definition) is 8. The summed E-state index contributed by atoms with van der Waals surface area (Å²) in [5.74, 6) is 0.308. The summed E-state index contributed by atoms with van der Waals surface area (Å²) in [7, 11) is 0. The predicted octanol–water partition coefficient (Wildman–Crippen LogP) is 3.74. The third-order valence-electron chi connectivity index (χ3n) is 7.63. The first-order valence-corrected chi connectivity index (χ1v) is 13.9. The van der Waals surface area contributed by atoms with Crippen molar-refractivity contribution in [3.63, 3.8) is 0 Å². The van der Waals surface area contributed by atoms with E-state index in [1.807, 2.05) is 6.20 Å². The van der Waals surface area contributed by atoms with Gasteiger partial charge in [-0.05, 0) is 48.4 Å². The van der Waals surface area contributed by atoms with Crippen LogP contribution in [0.2, 0.25) is 0 Å². The Morgan fingerprint density at radius 1 is 1.23 bits per heavy atom. The Bertz CT molecular complexity index is 1400. The number of carbonyl (C=O) groups excluding carboxylic acids is 2. The molecule has 0 spiro atoms. The first kappa shape index (κ1) is 27.7. The number of nitrogens with zero attached hydrogens (tertiary/aromatic N) is 5. The third-order valence-corrected chi connectivity index (χ3v) is 7.63. The average Bonchev–Trinajstić information content (AvgIpc) is 3.62. The van der Waals surface area contributed by atoms with E-state index in [0.29, 0.717) is 56.7 Å².